The number of anilines is 1. The Balaban J connectivity index is 1.43. The third-order valence-electron chi connectivity index (χ3n) is 6.49. The molecule has 4 aromatic rings. The molecule has 9 nitrogen and oxygen atoms in total. The number of nitrogen functional groups attached to an aromatic ring is 1. The third-order valence-corrected chi connectivity index (χ3v) is 6.49. The van der Waals surface area contributed by atoms with Gasteiger partial charge < -0.3 is 10.6 Å². The SMILES string of the molecule is Cc1cc(-c2ccn3nc(N)c(-c4ncn[nH]4)c3n2)cc2c1C(=O)N([C@@H](C)C1CC1)C2. The van der Waals surface area contributed by atoms with Crippen molar-refractivity contribution in [2.24, 2.45) is 5.92 Å². The monoisotopic (exact) mass is 414 g/mol. The maximum absolute atomic E-state index is 13.1. The summed E-state index contributed by atoms with van der Waals surface area (Å²) in [7, 11) is 0. The number of aromatic amines is 1. The van der Waals surface area contributed by atoms with E-state index in [0.29, 0.717) is 35.3 Å². The molecule has 1 atom stereocenters. The van der Waals surface area contributed by atoms with Crippen molar-refractivity contribution in [1.29, 1.82) is 0 Å². The van der Waals surface area contributed by atoms with E-state index in [1.807, 2.05) is 30.2 Å². The van der Waals surface area contributed by atoms with Gasteiger partial charge in [0.05, 0.1) is 5.69 Å². The van der Waals surface area contributed by atoms with Crippen LogP contribution < -0.4 is 5.73 Å². The lowest BCUT2D eigenvalue weighted by Gasteiger charge is -2.24. The number of hydrogen-bond acceptors (Lipinski definition) is 6. The van der Waals surface area contributed by atoms with E-state index >= 15 is 0 Å². The van der Waals surface area contributed by atoms with Gasteiger partial charge in [-0.2, -0.15) is 5.10 Å². The zero-order valence-electron chi connectivity index (χ0n) is 17.3. The van der Waals surface area contributed by atoms with Crippen molar-refractivity contribution in [2.45, 2.75) is 39.3 Å². The van der Waals surface area contributed by atoms with E-state index in [9.17, 15) is 4.79 Å². The summed E-state index contributed by atoms with van der Waals surface area (Å²) in [5, 5.41) is 11.1. The second-order valence-corrected chi connectivity index (χ2v) is 8.51. The summed E-state index contributed by atoms with van der Waals surface area (Å²) in [6.07, 6.45) is 5.70. The summed E-state index contributed by atoms with van der Waals surface area (Å²) in [6.45, 7) is 4.83. The highest BCUT2D eigenvalue weighted by molar-refractivity contribution is 6.00. The van der Waals surface area contributed by atoms with Crippen LogP contribution in [0, 0.1) is 12.8 Å². The van der Waals surface area contributed by atoms with Crippen LogP contribution in [0.4, 0.5) is 5.82 Å². The summed E-state index contributed by atoms with van der Waals surface area (Å²) >= 11 is 0. The number of nitrogens with zero attached hydrogens (tertiary/aromatic N) is 6. The summed E-state index contributed by atoms with van der Waals surface area (Å²) in [6, 6.07) is 6.32. The van der Waals surface area contributed by atoms with Gasteiger partial charge in [-0.3, -0.25) is 9.89 Å². The first-order valence-electron chi connectivity index (χ1n) is 10.5. The van der Waals surface area contributed by atoms with E-state index in [2.05, 4.69) is 33.3 Å². The van der Waals surface area contributed by atoms with Gasteiger partial charge in [0, 0.05) is 29.9 Å². The number of fused-ring (bicyclic) bond motifs is 2. The van der Waals surface area contributed by atoms with Crippen molar-refractivity contribution in [2.75, 3.05) is 5.73 Å². The molecule has 31 heavy (non-hydrogen) atoms. The molecule has 1 fully saturated rings. The van der Waals surface area contributed by atoms with Gasteiger partial charge in [0.1, 0.15) is 11.9 Å². The third kappa shape index (κ3) is 2.73. The Hall–Kier alpha value is -3.75. The second-order valence-electron chi connectivity index (χ2n) is 8.51. The van der Waals surface area contributed by atoms with Crippen LogP contribution in [0.1, 0.15) is 41.3 Å². The number of carbonyl (C=O) groups is 1. The lowest BCUT2D eigenvalue weighted by Crippen LogP contribution is -2.34. The van der Waals surface area contributed by atoms with Gasteiger partial charge in [-0.25, -0.2) is 14.5 Å². The smallest absolute Gasteiger partial charge is 0.255 e. The number of carbonyl (C=O) groups excluding carboxylic acids is 1. The molecule has 1 amide bonds. The van der Waals surface area contributed by atoms with E-state index in [-0.39, 0.29) is 11.9 Å². The van der Waals surface area contributed by atoms with Crippen LogP contribution in [-0.2, 0) is 6.54 Å². The van der Waals surface area contributed by atoms with Crippen molar-refractivity contribution in [3.63, 3.8) is 0 Å². The molecule has 0 spiro atoms. The largest absolute Gasteiger partial charge is 0.382 e. The molecule has 2 aliphatic rings. The Morgan fingerprint density at radius 3 is 2.84 bits per heavy atom. The summed E-state index contributed by atoms with van der Waals surface area (Å²) in [5.41, 5.74) is 12.0. The molecule has 1 saturated carbocycles. The van der Waals surface area contributed by atoms with Gasteiger partial charge in [0.15, 0.2) is 17.3 Å². The summed E-state index contributed by atoms with van der Waals surface area (Å²) in [5.74, 6) is 1.65. The predicted molar refractivity (Wildman–Crippen MR) is 115 cm³/mol. The number of rotatable bonds is 4. The van der Waals surface area contributed by atoms with Gasteiger partial charge in [0.25, 0.3) is 5.91 Å². The zero-order valence-corrected chi connectivity index (χ0v) is 17.3. The topological polar surface area (TPSA) is 118 Å². The fourth-order valence-corrected chi connectivity index (χ4v) is 4.66. The number of nitrogens with two attached hydrogens (primary N) is 1. The fraction of sp³-hybridized carbons (Fsp3) is 0.318. The van der Waals surface area contributed by atoms with E-state index in [1.165, 1.54) is 19.2 Å². The molecule has 0 bridgehead atoms. The number of H-pyrrole nitrogens is 1. The average Bonchev–Trinajstić information content (AvgIpc) is 3.20. The summed E-state index contributed by atoms with van der Waals surface area (Å²) < 4.78 is 1.64. The van der Waals surface area contributed by atoms with Crippen LogP contribution in [0.3, 0.4) is 0 Å². The van der Waals surface area contributed by atoms with Crippen LogP contribution in [-0.4, -0.2) is 46.6 Å². The number of hydrogen-bond donors (Lipinski definition) is 2. The Kier molecular flexibility index (Phi) is 3.71. The molecule has 0 saturated heterocycles. The Bertz CT molecular complexity index is 1340. The molecule has 9 heteroatoms. The molecule has 0 unspecified atom stereocenters. The van der Waals surface area contributed by atoms with E-state index in [1.54, 1.807) is 4.52 Å². The van der Waals surface area contributed by atoms with E-state index in [0.717, 1.165) is 27.9 Å². The Morgan fingerprint density at radius 2 is 2.10 bits per heavy atom. The molecule has 1 aliphatic heterocycles. The van der Waals surface area contributed by atoms with Gasteiger partial charge in [-0.05, 0) is 61.9 Å². The molecule has 3 N–H and O–H groups in total. The molecular weight excluding hydrogens is 392 g/mol. The highest BCUT2D eigenvalue weighted by Gasteiger charge is 2.39. The minimum Gasteiger partial charge on any atom is -0.382 e. The molecule has 1 aromatic carbocycles. The van der Waals surface area contributed by atoms with Crippen LogP contribution in [0.15, 0.2) is 30.7 Å². The van der Waals surface area contributed by atoms with E-state index < -0.39 is 0 Å². The molecule has 0 radical (unpaired) electrons. The predicted octanol–water partition coefficient (Wildman–Crippen LogP) is 2.83. The number of nitrogens with one attached hydrogen (secondary N) is 1. The highest BCUT2D eigenvalue weighted by atomic mass is 16.2. The first-order valence-corrected chi connectivity index (χ1v) is 10.5. The molecule has 156 valence electrons. The summed E-state index contributed by atoms with van der Waals surface area (Å²) in [4.78, 5) is 24.1. The number of benzene rings is 1. The van der Waals surface area contributed by atoms with Crippen molar-refractivity contribution < 1.29 is 4.79 Å². The minimum absolute atomic E-state index is 0.151. The Morgan fingerprint density at radius 1 is 1.26 bits per heavy atom. The maximum atomic E-state index is 13.1. The fourth-order valence-electron chi connectivity index (χ4n) is 4.66. The zero-order chi connectivity index (χ0) is 21.3. The van der Waals surface area contributed by atoms with Gasteiger partial charge in [-0.1, -0.05) is 0 Å². The van der Waals surface area contributed by atoms with Crippen molar-refractivity contribution >= 4 is 17.4 Å². The van der Waals surface area contributed by atoms with Gasteiger partial charge >= 0.3 is 0 Å². The quantitative estimate of drug-likeness (QED) is 0.530. The first kappa shape index (κ1) is 18.1. The molecule has 4 heterocycles. The van der Waals surface area contributed by atoms with Crippen LogP contribution in [0.25, 0.3) is 28.3 Å². The van der Waals surface area contributed by atoms with E-state index in [4.69, 9.17) is 10.7 Å². The Labute approximate surface area is 178 Å². The van der Waals surface area contributed by atoms with Crippen molar-refractivity contribution in [3.8, 4) is 22.6 Å². The lowest BCUT2D eigenvalue weighted by molar-refractivity contribution is 0.0697. The minimum atomic E-state index is 0.151. The molecule has 1 aliphatic carbocycles. The molecule has 3 aromatic heterocycles. The number of amides is 1. The van der Waals surface area contributed by atoms with Crippen molar-refractivity contribution in [3.05, 3.63) is 47.4 Å². The number of aryl methyl sites for hydroxylation is 1. The van der Waals surface area contributed by atoms with Crippen LogP contribution >= 0.6 is 0 Å². The average molecular weight is 414 g/mol. The van der Waals surface area contributed by atoms with Gasteiger partial charge in [-0.15, -0.1) is 5.10 Å². The maximum Gasteiger partial charge on any atom is 0.255 e. The van der Waals surface area contributed by atoms with Gasteiger partial charge in [0.2, 0.25) is 0 Å². The first-order chi connectivity index (χ1) is 15.0. The highest BCUT2D eigenvalue weighted by Crippen LogP contribution is 2.40. The number of aromatic nitrogens is 6. The second kappa shape index (κ2) is 6.37. The molecular formula is C22H22N8O. The van der Waals surface area contributed by atoms with Crippen LogP contribution in [0.2, 0.25) is 0 Å². The van der Waals surface area contributed by atoms with Crippen molar-refractivity contribution in [1.82, 2.24) is 34.7 Å². The van der Waals surface area contributed by atoms with Crippen LogP contribution in [0.5, 0.6) is 0 Å². The molecule has 6 rings (SSSR count). The lowest BCUT2D eigenvalue weighted by atomic mass is 9.98. The normalized spacial score (nSPS) is 16.8. The standard InChI is InChI=1S/C22H22N8O/c1-11-7-14(8-15-9-29(22(31)17(11)15)12(2)13-3-4-13)16-5-6-30-21(26-16)18(19(23)28-30)20-24-10-25-27-20/h5-8,10,12-13H,3-4,9H2,1-2H3,(H2,23,28)(H,24,25,27)/t12-/m0/s1.